The highest BCUT2D eigenvalue weighted by molar-refractivity contribution is 5.73. The Morgan fingerprint density at radius 3 is 2.29 bits per heavy atom. The van der Waals surface area contributed by atoms with Crippen LogP contribution >= 0.6 is 0 Å². The van der Waals surface area contributed by atoms with Gasteiger partial charge >= 0.3 is 12.1 Å². The molecule has 1 fully saturated rings. The molecule has 0 aromatic heterocycles. The molecule has 0 spiro atoms. The quantitative estimate of drug-likeness (QED) is 0.491. The summed E-state index contributed by atoms with van der Waals surface area (Å²) in [6.07, 6.45) is 2.63. The minimum atomic E-state index is -4.56. The van der Waals surface area contributed by atoms with Crippen molar-refractivity contribution in [1.29, 1.82) is 0 Å². The first-order valence-electron chi connectivity index (χ1n) is 7.89. The number of carbonyl (C=O) groups is 1. The summed E-state index contributed by atoms with van der Waals surface area (Å²) in [7, 11) is 0. The Morgan fingerprint density at radius 2 is 1.76 bits per heavy atom. The Hall–Kier alpha value is -0.780. The van der Waals surface area contributed by atoms with Crippen LogP contribution < -0.4 is 5.73 Å². The molecule has 0 aromatic rings. The van der Waals surface area contributed by atoms with Crippen LogP contribution in [-0.2, 0) is 9.53 Å². The lowest BCUT2D eigenvalue weighted by atomic mass is 9.93. The Morgan fingerprint density at radius 1 is 1.19 bits per heavy atom. The van der Waals surface area contributed by atoms with Crippen molar-refractivity contribution in [3.8, 4) is 0 Å². The second kappa shape index (κ2) is 8.61. The van der Waals surface area contributed by atoms with Crippen molar-refractivity contribution in [3.63, 3.8) is 0 Å². The van der Waals surface area contributed by atoms with Gasteiger partial charge in [0, 0.05) is 0 Å². The molecular weight excluding hydrogens is 283 g/mol. The summed E-state index contributed by atoms with van der Waals surface area (Å²) in [5.41, 5.74) is 5.23. The molecule has 0 unspecified atom stereocenters. The van der Waals surface area contributed by atoms with Crippen molar-refractivity contribution >= 4 is 5.97 Å². The topological polar surface area (TPSA) is 52.3 Å². The standard InChI is InChI=1S/C15H26F3NO2/c1-2-3-4-5-6-7-8-12(13(19)15(16,17)18)14(20)21-11-9-10-11/h11-13H,2-10,19H2,1H3/t12-,13-/m1/s1. The molecule has 1 aliphatic rings. The molecule has 2 atom stereocenters. The summed E-state index contributed by atoms with van der Waals surface area (Å²) in [5.74, 6) is -2.05. The van der Waals surface area contributed by atoms with Crippen molar-refractivity contribution in [3.05, 3.63) is 0 Å². The SMILES string of the molecule is CCCCCCCC[C@@H](C(=O)OC1CC1)[C@@H](N)C(F)(F)F. The van der Waals surface area contributed by atoms with Crippen LogP contribution in [-0.4, -0.2) is 24.3 Å². The van der Waals surface area contributed by atoms with E-state index in [0.717, 1.165) is 44.9 Å². The third-order valence-corrected chi connectivity index (χ3v) is 3.79. The van der Waals surface area contributed by atoms with E-state index < -0.39 is 24.1 Å². The molecule has 0 bridgehead atoms. The lowest BCUT2D eigenvalue weighted by molar-refractivity contribution is -0.177. The molecular formula is C15H26F3NO2. The van der Waals surface area contributed by atoms with E-state index in [1.165, 1.54) is 0 Å². The van der Waals surface area contributed by atoms with Gasteiger partial charge in [0.1, 0.15) is 12.1 Å². The predicted octanol–water partition coefficient (Wildman–Crippen LogP) is 3.95. The molecule has 0 amide bonds. The molecule has 0 heterocycles. The Balaban J connectivity index is 2.41. The first-order chi connectivity index (χ1) is 9.86. The zero-order valence-corrected chi connectivity index (χ0v) is 12.6. The van der Waals surface area contributed by atoms with Crippen molar-refractivity contribution in [2.75, 3.05) is 0 Å². The smallest absolute Gasteiger partial charge is 0.404 e. The summed E-state index contributed by atoms with van der Waals surface area (Å²) in [5, 5.41) is 0. The third kappa shape index (κ3) is 7.16. The molecule has 0 aliphatic heterocycles. The maximum absolute atomic E-state index is 12.8. The van der Waals surface area contributed by atoms with Gasteiger partial charge in [-0.2, -0.15) is 13.2 Å². The summed E-state index contributed by atoms with van der Waals surface area (Å²) in [4.78, 5) is 11.8. The highest BCUT2D eigenvalue weighted by Gasteiger charge is 2.46. The molecule has 1 rings (SSSR count). The van der Waals surface area contributed by atoms with Crippen LogP contribution in [0.15, 0.2) is 0 Å². The summed E-state index contributed by atoms with van der Waals surface area (Å²) < 4.78 is 43.3. The first-order valence-corrected chi connectivity index (χ1v) is 7.89. The normalized spacial score (nSPS) is 18.3. The first kappa shape index (κ1) is 18.3. The second-order valence-electron chi connectivity index (χ2n) is 5.87. The number of carbonyl (C=O) groups excluding carboxylic acids is 1. The number of esters is 1. The number of alkyl halides is 3. The van der Waals surface area contributed by atoms with Gasteiger partial charge in [-0.25, -0.2) is 0 Å². The van der Waals surface area contributed by atoms with Gasteiger partial charge in [0.25, 0.3) is 0 Å². The van der Waals surface area contributed by atoms with Crippen molar-refractivity contribution in [2.45, 2.75) is 83.0 Å². The minimum Gasteiger partial charge on any atom is -0.462 e. The van der Waals surface area contributed by atoms with Gasteiger partial charge in [0.2, 0.25) is 0 Å². The van der Waals surface area contributed by atoms with E-state index in [-0.39, 0.29) is 12.5 Å². The number of nitrogens with two attached hydrogens (primary N) is 1. The van der Waals surface area contributed by atoms with Crippen LogP contribution in [0.1, 0.15) is 64.7 Å². The third-order valence-electron chi connectivity index (χ3n) is 3.79. The fraction of sp³-hybridized carbons (Fsp3) is 0.933. The van der Waals surface area contributed by atoms with Gasteiger partial charge < -0.3 is 10.5 Å². The number of rotatable bonds is 10. The molecule has 0 saturated heterocycles. The maximum atomic E-state index is 12.8. The van der Waals surface area contributed by atoms with Gasteiger partial charge in [0.05, 0.1) is 5.92 Å². The molecule has 3 nitrogen and oxygen atoms in total. The largest absolute Gasteiger partial charge is 0.462 e. The summed E-state index contributed by atoms with van der Waals surface area (Å²) >= 11 is 0. The van der Waals surface area contributed by atoms with E-state index in [0.29, 0.717) is 6.42 Å². The minimum absolute atomic E-state index is 0.151. The van der Waals surface area contributed by atoms with Gasteiger partial charge in [-0.3, -0.25) is 4.79 Å². The summed E-state index contributed by atoms with van der Waals surface area (Å²) in [6.45, 7) is 2.10. The lowest BCUT2D eigenvalue weighted by Crippen LogP contribution is -2.47. The number of hydrogen-bond donors (Lipinski definition) is 1. The average Bonchev–Trinajstić information content (AvgIpc) is 3.20. The Labute approximate surface area is 124 Å². The van der Waals surface area contributed by atoms with Crippen LogP contribution in [0.5, 0.6) is 0 Å². The van der Waals surface area contributed by atoms with Crippen LogP contribution in [0, 0.1) is 5.92 Å². The number of halogens is 3. The van der Waals surface area contributed by atoms with E-state index in [1.807, 2.05) is 0 Å². The lowest BCUT2D eigenvalue weighted by Gasteiger charge is -2.24. The molecule has 6 heteroatoms. The zero-order valence-electron chi connectivity index (χ0n) is 12.6. The number of hydrogen-bond acceptors (Lipinski definition) is 3. The Kier molecular flexibility index (Phi) is 7.49. The second-order valence-corrected chi connectivity index (χ2v) is 5.87. The predicted molar refractivity (Wildman–Crippen MR) is 74.6 cm³/mol. The highest BCUT2D eigenvalue weighted by Crippen LogP contribution is 2.31. The van der Waals surface area contributed by atoms with E-state index in [4.69, 9.17) is 10.5 Å². The Bertz CT molecular complexity index is 317. The molecule has 124 valence electrons. The van der Waals surface area contributed by atoms with Gasteiger partial charge in [-0.15, -0.1) is 0 Å². The fourth-order valence-corrected chi connectivity index (χ4v) is 2.25. The van der Waals surface area contributed by atoms with Crippen molar-refractivity contribution in [1.82, 2.24) is 0 Å². The molecule has 0 radical (unpaired) electrons. The molecule has 21 heavy (non-hydrogen) atoms. The zero-order chi connectivity index (χ0) is 15.9. The molecule has 2 N–H and O–H groups in total. The molecule has 1 aliphatic carbocycles. The van der Waals surface area contributed by atoms with Crippen molar-refractivity contribution < 1.29 is 22.7 Å². The van der Waals surface area contributed by atoms with Gasteiger partial charge in [-0.1, -0.05) is 45.4 Å². The van der Waals surface area contributed by atoms with Crippen LogP contribution in [0.2, 0.25) is 0 Å². The van der Waals surface area contributed by atoms with Crippen LogP contribution in [0.25, 0.3) is 0 Å². The number of unbranched alkanes of at least 4 members (excludes halogenated alkanes) is 5. The average molecular weight is 309 g/mol. The fourth-order valence-electron chi connectivity index (χ4n) is 2.25. The van der Waals surface area contributed by atoms with Gasteiger partial charge in [-0.05, 0) is 19.3 Å². The van der Waals surface area contributed by atoms with E-state index in [2.05, 4.69) is 6.92 Å². The highest BCUT2D eigenvalue weighted by atomic mass is 19.4. The van der Waals surface area contributed by atoms with Gasteiger partial charge in [0.15, 0.2) is 0 Å². The molecule has 1 saturated carbocycles. The van der Waals surface area contributed by atoms with Crippen LogP contribution in [0.4, 0.5) is 13.2 Å². The van der Waals surface area contributed by atoms with E-state index in [1.54, 1.807) is 0 Å². The number of ether oxygens (including phenoxy) is 1. The van der Waals surface area contributed by atoms with E-state index >= 15 is 0 Å². The molecule has 0 aromatic carbocycles. The summed E-state index contributed by atoms with van der Waals surface area (Å²) in [6, 6.07) is -2.13. The maximum Gasteiger partial charge on any atom is 0.404 e. The van der Waals surface area contributed by atoms with Crippen LogP contribution in [0.3, 0.4) is 0 Å². The monoisotopic (exact) mass is 309 g/mol. The van der Waals surface area contributed by atoms with Crippen molar-refractivity contribution in [2.24, 2.45) is 11.7 Å². The van der Waals surface area contributed by atoms with E-state index in [9.17, 15) is 18.0 Å².